The number of rotatable bonds is 11. The first kappa shape index (κ1) is 43.5. The first-order valence-electron chi connectivity index (χ1n) is 23.1. The van der Waals surface area contributed by atoms with E-state index in [9.17, 15) is 9.59 Å². The zero-order valence-electron chi connectivity index (χ0n) is 36.8. The van der Waals surface area contributed by atoms with E-state index < -0.39 is 0 Å². The summed E-state index contributed by atoms with van der Waals surface area (Å²) >= 11 is 6.17. The Morgan fingerprint density at radius 1 is 0.906 bits per heavy atom. The van der Waals surface area contributed by atoms with Crippen LogP contribution in [0.25, 0.3) is 11.0 Å². The van der Waals surface area contributed by atoms with Gasteiger partial charge in [0.2, 0.25) is 0 Å². The highest BCUT2D eigenvalue weighted by atomic mass is 35.5. The third-order valence-corrected chi connectivity index (χ3v) is 14.1. The standard InChI is InChI=1S/C50H57ClN8O5/c1-32-11-18-41-44(58(32)50(61)62-2)20-21-45-48(41)54-47(27-33-7-4-3-5-8-33)59(45)37-9-6-10-39(28-37)63-31-34-23-25-57(26-24-34)46-22-19-43(55-56-46)49(60)53-36-13-16-38(17-14-36)64-40-15-12-35(30-52)42(51)29-40/h3-5,7-8,12,15,19-22,29,32,34,36-39H,6,9-11,13-14,16-18,23-28,31H2,1-2H3,(H,53,60)/t32-,36?,37+,38?,39+/m0/s1. The highest BCUT2D eigenvalue weighted by Crippen LogP contribution is 2.41. The zero-order chi connectivity index (χ0) is 44.2. The van der Waals surface area contributed by atoms with Crippen LogP contribution in [-0.2, 0) is 22.3 Å². The number of hydrogen-bond acceptors (Lipinski definition) is 10. The van der Waals surface area contributed by atoms with Gasteiger partial charge in [-0.25, -0.2) is 9.78 Å². The summed E-state index contributed by atoms with van der Waals surface area (Å²) < 4.78 is 20.6. The molecule has 2 aromatic heterocycles. The number of fused-ring (bicyclic) bond motifs is 3. The molecule has 0 bridgehead atoms. The summed E-state index contributed by atoms with van der Waals surface area (Å²) in [5.74, 6) is 2.76. The summed E-state index contributed by atoms with van der Waals surface area (Å²) in [4.78, 5) is 35.4. The van der Waals surface area contributed by atoms with Crippen LogP contribution in [0.3, 0.4) is 0 Å². The topological polar surface area (TPSA) is 148 Å². The van der Waals surface area contributed by atoms with E-state index in [1.54, 1.807) is 29.2 Å². The van der Waals surface area contributed by atoms with Crippen LogP contribution in [0.5, 0.6) is 5.75 Å². The van der Waals surface area contributed by atoms with Gasteiger partial charge in [-0.05, 0) is 132 Å². The van der Waals surface area contributed by atoms with Crippen molar-refractivity contribution in [2.45, 2.75) is 121 Å². The van der Waals surface area contributed by atoms with Gasteiger partial charge in [-0.2, -0.15) is 5.26 Å². The molecule has 9 rings (SSSR count). The fraction of sp³-hybridized carbons (Fsp3) is 0.480. The normalized spacial score (nSPS) is 22.7. The molecule has 2 saturated carbocycles. The van der Waals surface area contributed by atoms with E-state index in [-0.39, 0.29) is 42.3 Å². The second-order valence-corrected chi connectivity index (χ2v) is 18.4. The number of hydrogen-bond donors (Lipinski definition) is 1. The van der Waals surface area contributed by atoms with Gasteiger partial charge in [0.25, 0.3) is 5.91 Å². The van der Waals surface area contributed by atoms with E-state index in [1.807, 2.05) is 6.07 Å². The van der Waals surface area contributed by atoms with Crippen molar-refractivity contribution in [2.24, 2.45) is 5.92 Å². The number of methoxy groups -OCH3 is 1. The highest BCUT2D eigenvalue weighted by Gasteiger charge is 2.34. The number of amides is 2. The van der Waals surface area contributed by atoms with Gasteiger partial charge < -0.3 is 29.0 Å². The number of piperidine rings is 1. The molecule has 0 unspecified atom stereocenters. The first-order chi connectivity index (χ1) is 31.2. The summed E-state index contributed by atoms with van der Waals surface area (Å²) in [7, 11) is 1.45. The van der Waals surface area contributed by atoms with Crippen LogP contribution in [0.1, 0.15) is 117 Å². The number of halogens is 1. The van der Waals surface area contributed by atoms with E-state index in [4.69, 9.17) is 36.1 Å². The van der Waals surface area contributed by atoms with Crippen molar-refractivity contribution in [2.75, 3.05) is 36.6 Å². The van der Waals surface area contributed by atoms with Crippen molar-refractivity contribution in [3.8, 4) is 11.8 Å². The van der Waals surface area contributed by atoms with Gasteiger partial charge in [0.05, 0.1) is 46.6 Å². The molecule has 5 aromatic rings. The first-order valence-corrected chi connectivity index (χ1v) is 23.4. The Morgan fingerprint density at radius 2 is 1.72 bits per heavy atom. The van der Waals surface area contributed by atoms with Crippen LogP contribution >= 0.6 is 11.6 Å². The lowest BCUT2D eigenvalue weighted by Gasteiger charge is -2.35. The molecule has 1 saturated heterocycles. The van der Waals surface area contributed by atoms with Crippen LogP contribution in [0.15, 0.2) is 72.8 Å². The van der Waals surface area contributed by atoms with E-state index >= 15 is 0 Å². The third kappa shape index (κ3) is 9.54. The molecule has 2 amide bonds. The number of carbonyl (C=O) groups excluding carboxylic acids is 2. The van der Waals surface area contributed by atoms with E-state index in [1.165, 1.54) is 12.7 Å². The molecule has 1 N–H and O–H groups in total. The maximum absolute atomic E-state index is 13.1. The highest BCUT2D eigenvalue weighted by molar-refractivity contribution is 6.31. The second kappa shape index (κ2) is 19.6. The molecule has 3 aromatic carbocycles. The molecule has 2 aliphatic heterocycles. The van der Waals surface area contributed by atoms with Gasteiger partial charge in [0.15, 0.2) is 11.5 Å². The molecule has 3 fully saturated rings. The van der Waals surface area contributed by atoms with Crippen molar-refractivity contribution < 1.29 is 23.8 Å². The molecule has 0 spiro atoms. The summed E-state index contributed by atoms with van der Waals surface area (Å²) in [5, 5.41) is 21.4. The van der Waals surface area contributed by atoms with Gasteiger partial charge in [-0.1, -0.05) is 41.9 Å². The van der Waals surface area contributed by atoms with Gasteiger partial charge in [-0.3, -0.25) is 9.69 Å². The number of aromatic nitrogens is 4. The number of nitrogens with one attached hydrogen (secondary N) is 1. The fourth-order valence-electron chi connectivity index (χ4n) is 10.3. The summed E-state index contributed by atoms with van der Waals surface area (Å²) in [6.45, 7) is 4.55. The number of benzene rings is 3. The number of carbonyl (C=O) groups is 2. The molecule has 14 heteroatoms. The van der Waals surface area contributed by atoms with Crippen LogP contribution in [0.2, 0.25) is 5.02 Å². The molecule has 3 atom stereocenters. The predicted molar refractivity (Wildman–Crippen MR) is 246 cm³/mol. The predicted octanol–water partition coefficient (Wildman–Crippen LogP) is 9.39. The van der Waals surface area contributed by atoms with Crippen molar-refractivity contribution in [1.82, 2.24) is 25.1 Å². The van der Waals surface area contributed by atoms with Crippen molar-refractivity contribution in [3.05, 3.63) is 106 Å². The van der Waals surface area contributed by atoms with Gasteiger partial charge in [-0.15, -0.1) is 10.2 Å². The summed E-state index contributed by atoms with van der Waals surface area (Å²) in [6, 6.07) is 26.1. The van der Waals surface area contributed by atoms with E-state index in [0.29, 0.717) is 27.9 Å². The number of nitriles is 1. The minimum absolute atomic E-state index is 0.0277. The molecule has 2 aliphatic carbocycles. The number of anilines is 2. The van der Waals surface area contributed by atoms with Crippen LogP contribution in [-0.4, -0.2) is 82.8 Å². The second-order valence-electron chi connectivity index (χ2n) is 18.0. The molecule has 4 heterocycles. The Balaban J connectivity index is 0.770. The molecule has 4 aliphatic rings. The van der Waals surface area contributed by atoms with Crippen LogP contribution in [0, 0.1) is 17.2 Å². The van der Waals surface area contributed by atoms with Gasteiger partial charge in [0.1, 0.15) is 17.6 Å². The number of aryl methyl sites for hydroxylation is 1. The third-order valence-electron chi connectivity index (χ3n) is 13.8. The SMILES string of the molecule is COC(=O)N1c2ccc3c(nc(Cc4ccccc4)n3[C@@H]3CCC[C@@H](OCC4CCN(c5ccc(C(=O)NC6CCC(Oc7ccc(C#N)c(Cl)c7)CC6)nn5)CC4)C3)c2CC[C@@H]1C. The Morgan fingerprint density at radius 3 is 2.45 bits per heavy atom. The summed E-state index contributed by atoms with van der Waals surface area (Å²) in [6.07, 6.45) is 11.7. The van der Waals surface area contributed by atoms with Crippen LogP contribution < -0.4 is 19.9 Å². The minimum Gasteiger partial charge on any atom is -0.490 e. The number of nitrogens with zero attached hydrogens (tertiary/aromatic N) is 7. The van der Waals surface area contributed by atoms with Gasteiger partial charge in [0, 0.05) is 55.9 Å². The van der Waals surface area contributed by atoms with Crippen molar-refractivity contribution in [3.63, 3.8) is 0 Å². The Kier molecular flexibility index (Phi) is 13.3. The molecular weight excluding hydrogens is 828 g/mol. The molecule has 64 heavy (non-hydrogen) atoms. The number of imidazole rings is 1. The minimum atomic E-state index is -0.328. The van der Waals surface area contributed by atoms with Gasteiger partial charge >= 0.3 is 6.09 Å². The lowest BCUT2D eigenvalue weighted by atomic mass is 9.91. The fourth-order valence-corrected chi connectivity index (χ4v) is 10.5. The average Bonchev–Trinajstić information content (AvgIpc) is 3.70. The molecule has 334 valence electrons. The summed E-state index contributed by atoms with van der Waals surface area (Å²) in [5.41, 5.74) is 6.13. The lowest BCUT2D eigenvalue weighted by Crippen LogP contribution is -2.42. The maximum Gasteiger partial charge on any atom is 0.414 e. The molecular formula is C50H57ClN8O5. The zero-order valence-corrected chi connectivity index (χ0v) is 37.5. The van der Waals surface area contributed by atoms with E-state index in [2.05, 4.69) is 80.4 Å². The quantitative estimate of drug-likeness (QED) is 0.136. The number of ether oxygens (including phenoxy) is 3. The van der Waals surface area contributed by atoms with E-state index in [0.717, 1.165) is 137 Å². The Hall–Kier alpha value is -5.71. The van der Waals surface area contributed by atoms with Crippen LogP contribution in [0.4, 0.5) is 16.3 Å². The smallest absolute Gasteiger partial charge is 0.414 e. The van der Waals surface area contributed by atoms with Crippen molar-refractivity contribution in [1.29, 1.82) is 5.26 Å². The largest absolute Gasteiger partial charge is 0.490 e. The average molecular weight is 886 g/mol. The molecule has 13 nitrogen and oxygen atoms in total. The Bertz CT molecular complexity index is 2480. The molecule has 0 radical (unpaired) electrons. The maximum atomic E-state index is 13.1. The lowest BCUT2D eigenvalue weighted by molar-refractivity contribution is -0.00707. The monoisotopic (exact) mass is 884 g/mol. The van der Waals surface area contributed by atoms with Crippen molar-refractivity contribution >= 4 is 46.1 Å². The Labute approximate surface area is 380 Å².